The van der Waals surface area contributed by atoms with Gasteiger partial charge in [0.2, 0.25) is 0 Å². The van der Waals surface area contributed by atoms with E-state index in [0.717, 1.165) is 24.5 Å². The van der Waals surface area contributed by atoms with E-state index in [1.54, 1.807) is 6.20 Å². The fraction of sp³-hybridized carbons (Fsp3) is 0.583. The van der Waals surface area contributed by atoms with Crippen LogP contribution in [0.2, 0.25) is 0 Å². The largest absolute Gasteiger partial charge is 0.389 e. The van der Waals surface area contributed by atoms with E-state index >= 15 is 0 Å². The molecule has 0 amide bonds. The van der Waals surface area contributed by atoms with Crippen molar-refractivity contribution in [2.75, 3.05) is 32.1 Å². The third-order valence-corrected chi connectivity index (χ3v) is 2.96. The van der Waals surface area contributed by atoms with E-state index in [4.69, 9.17) is 18.0 Å². The van der Waals surface area contributed by atoms with Gasteiger partial charge in [0.15, 0.2) is 5.82 Å². The van der Waals surface area contributed by atoms with Crippen LogP contribution in [-0.4, -0.2) is 53.3 Å². The lowest BCUT2D eigenvalue weighted by Crippen LogP contribution is -2.41. The monoisotopic (exact) mass is 267 g/mol. The zero-order chi connectivity index (χ0) is 13.7. The van der Waals surface area contributed by atoms with Crippen LogP contribution in [0, 0.1) is 0 Å². The number of hydrogen-bond donors (Lipinski definition) is 1. The summed E-state index contributed by atoms with van der Waals surface area (Å²) >= 11 is 5.06. The van der Waals surface area contributed by atoms with Crippen LogP contribution in [0.1, 0.15) is 19.4 Å². The second-order valence-electron chi connectivity index (χ2n) is 4.53. The Kier molecular flexibility index (Phi) is 5.43. The molecule has 2 N–H and O–H groups in total. The molecule has 18 heavy (non-hydrogen) atoms. The number of rotatable bonds is 6. The lowest BCUT2D eigenvalue weighted by Gasteiger charge is -2.31. The Balaban J connectivity index is 3.05. The average Bonchev–Trinajstić information content (AvgIpc) is 2.29. The number of nitrogens with two attached hydrogens (primary N) is 1. The van der Waals surface area contributed by atoms with E-state index in [-0.39, 0.29) is 0 Å². The van der Waals surface area contributed by atoms with Crippen molar-refractivity contribution in [3.63, 3.8) is 0 Å². The minimum Gasteiger partial charge on any atom is -0.389 e. The average molecular weight is 267 g/mol. The summed E-state index contributed by atoms with van der Waals surface area (Å²) in [4.78, 5) is 4.67. The molecule has 1 heterocycles. The molecule has 100 valence electrons. The Hall–Kier alpha value is -1.27. The normalized spacial score (nSPS) is 12.5. The smallest absolute Gasteiger partial charge is 0.161 e. The van der Waals surface area contributed by atoms with E-state index in [2.05, 4.69) is 47.9 Å². The third-order valence-electron chi connectivity index (χ3n) is 2.74. The molecule has 0 radical (unpaired) electrons. The van der Waals surface area contributed by atoms with Crippen molar-refractivity contribution in [2.45, 2.75) is 19.9 Å². The van der Waals surface area contributed by atoms with Crippen LogP contribution >= 0.6 is 12.2 Å². The molecule has 0 fully saturated rings. The zero-order valence-electron chi connectivity index (χ0n) is 11.4. The van der Waals surface area contributed by atoms with Gasteiger partial charge in [-0.2, -0.15) is 5.10 Å². The highest BCUT2D eigenvalue weighted by atomic mass is 32.1. The van der Waals surface area contributed by atoms with Crippen molar-refractivity contribution >= 4 is 23.0 Å². The lowest BCUT2D eigenvalue weighted by atomic mass is 10.2. The molecule has 0 aliphatic carbocycles. The van der Waals surface area contributed by atoms with Crippen molar-refractivity contribution in [3.8, 4) is 0 Å². The molecule has 0 aliphatic heterocycles. The molecule has 5 nitrogen and oxygen atoms in total. The highest BCUT2D eigenvalue weighted by Crippen LogP contribution is 2.18. The first-order chi connectivity index (χ1) is 8.47. The van der Waals surface area contributed by atoms with Crippen LogP contribution in [0.25, 0.3) is 0 Å². The number of likely N-dealkylation sites (N-methyl/N-ethyl adjacent to an activating group) is 2. The van der Waals surface area contributed by atoms with E-state index in [0.29, 0.717) is 11.0 Å². The molecular formula is C12H21N5S. The molecule has 0 spiro atoms. The molecular weight excluding hydrogens is 246 g/mol. The summed E-state index contributed by atoms with van der Waals surface area (Å²) < 4.78 is 0. The van der Waals surface area contributed by atoms with Gasteiger partial charge < -0.3 is 15.5 Å². The molecule has 0 saturated heterocycles. The maximum Gasteiger partial charge on any atom is 0.161 e. The summed E-state index contributed by atoms with van der Waals surface area (Å²) in [6, 6.07) is 2.13. The van der Waals surface area contributed by atoms with Gasteiger partial charge in [0, 0.05) is 19.1 Å². The molecule has 6 heteroatoms. The van der Waals surface area contributed by atoms with E-state index in [1.807, 2.05) is 6.07 Å². The number of nitrogens with zero attached hydrogens (tertiary/aromatic N) is 4. The van der Waals surface area contributed by atoms with Crippen molar-refractivity contribution in [2.24, 2.45) is 5.73 Å². The summed E-state index contributed by atoms with van der Waals surface area (Å²) in [6.07, 6.45) is 1.61. The summed E-state index contributed by atoms with van der Waals surface area (Å²) in [5, 5.41) is 8.13. The SMILES string of the molecule is CCN(c1nnccc1C(N)=S)C(C)CN(C)C. The lowest BCUT2D eigenvalue weighted by molar-refractivity contribution is 0.372. The van der Waals surface area contributed by atoms with Gasteiger partial charge >= 0.3 is 0 Å². The van der Waals surface area contributed by atoms with Gasteiger partial charge in [-0.05, 0) is 34.0 Å². The number of hydrogen-bond acceptors (Lipinski definition) is 5. The van der Waals surface area contributed by atoms with Gasteiger partial charge in [0.1, 0.15) is 4.99 Å². The maximum atomic E-state index is 5.74. The Labute approximate surface area is 114 Å². The Morgan fingerprint density at radius 3 is 2.67 bits per heavy atom. The first-order valence-corrected chi connectivity index (χ1v) is 6.41. The number of aromatic nitrogens is 2. The zero-order valence-corrected chi connectivity index (χ0v) is 12.2. The second-order valence-corrected chi connectivity index (χ2v) is 4.97. The standard InChI is InChI=1S/C12H21N5S/c1-5-17(9(2)8-16(3)4)12-10(11(13)18)6-7-14-15-12/h6-7,9H,5,8H2,1-4H3,(H2,13,18). The van der Waals surface area contributed by atoms with E-state index in [9.17, 15) is 0 Å². The van der Waals surface area contributed by atoms with Crippen molar-refractivity contribution in [3.05, 3.63) is 17.8 Å². The Morgan fingerprint density at radius 2 is 2.17 bits per heavy atom. The quantitative estimate of drug-likeness (QED) is 0.772. The van der Waals surface area contributed by atoms with Gasteiger partial charge in [-0.15, -0.1) is 5.10 Å². The van der Waals surface area contributed by atoms with Crippen LogP contribution in [0.15, 0.2) is 12.3 Å². The van der Waals surface area contributed by atoms with Crippen LogP contribution < -0.4 is 10.6 Å². The number of thiocarbonyl (C=S) groups is 1. The molecule has 1 unspecified atom stereocenters. The summed E-state index contributed by atoms with van der Waals surface area (Å²) in [7, 11) is 4.10. The van der Waals surface area contributed by atoms with Crippen LogP contribution in [0.3, 0.4) is 0 Å². The van der Waals surface area contributed by atoms with Crippen molar-refractivity contribution in [1.82, 2.24) is 15.1 Å². The molecule has 0 aliphatic rings. The fourth-order valence-electron chi connectivity index (χ4n) is 2.03. The first-order valence-electron chi connectivity index (χ1n) is 6.00. The predicted molar refractivity (Wildman–Crippen MR) is 79.0 cm³/mol. The summed E-state index contributed by atoms with van der Waals surface area (Å²) in [6.45, 7) is 6.01. The van der Waals surface area contributed by atoms with Crippen LogP contribution in [0.5, 0.6) is 0 Å². The van der Waals surface area contributed by atoms with Crippen molar-refractivity contribution < 1.29 is 0 Å². The molecule has 1 rings (SSSR count). The second kappa shape index (κ2) is 6.61. The van der Waals surface area contributed by atoms with Gasteiger partial charge in [-0.1, -0.05) is 12.2 Å². The molecule has 0 aromatic carbocycles. The van der Waals surface area contributed by atoms with E-state index in [1.165, 1.54) is 0 Å². The highest BCUT2D eigenvalue weighted by molar-refractivity contribution is 7.80. The minimum absolute atomic E-state index is 0.315. The fourth-order valence-corrected chi connectivity index (χ4v) is 2.19. The van der Waals surface area contributed by atoms with Crippen molar-refractivity contribution in [1.29, 1.82) is 0 Å². The maximum absolute atomic E-state index is 5.74. The summed E-state index contributed by atoms with van der Waals surface area (Å²) in [5.41, 5.74) is 6.52. The van der Waals surface area contributed by atoms with Crippen LogP contribution in [-0.2, 0) is 0 Å². The topological polar surface area (TPSA) is 58.3 Å². The first kappa shape index (κ1) is 14.8. The molecule has 0 bridgehead atoms. The molecule has 1 atom stereocenters. The molecule has 0 saturated carbocycles. The third kappa shape index (κ3) is 3.61. The van der Waals surface area contributed by atoms with Gasteiger partial charge in [-0.25, -0.2) is 0 Å². The minimum atomic E-state index is 0.315. The number of anilines is 1. The molecule has 1 aromatic heterocycles. The Bertz CT molecular complexity index is 407. The molecule has 1 aromatic rings. The van der Waals surface area contributed by atoms with E-state index < -0.39 is 0 Å². The van der Waals surface area contributed by atoms with Crippen LogP contribution in [0.4, 0.5) is 5.82 Å². The summed E-state index contributed by atoms with van der Waals surface area (Å²) in [5.74, 6) is 0.766. The Morgan fingerprint density at radius 1 is 1.50 bits per heavy atom. The van der Waals surface area contributed by atoms with Gasteiger partial charge in [0.25, 0.3) is 0 Å². The highest BCUT2D eigenvalue weighted by Gasteiger charge is 2.19. The van der Waals surface area contributed by atoms with Gasteiger partial charge in [-0.3, -0.25) is 0 Å². The predicted octanol–water partition coefficient (Wildman–Crippen LogP) is 0.887. The van der Waals surface area contributed by atoms with Gasteiger partial charge in [0.05, 0.1) is 11.8 Å².